The van der Waals surface area contributed by atoms with Crippen LogP contribution in [0.5, 0.6) is 0 Å². The minimum atomic E-state index is 0.837. The Balaban J connectivity index is 1.18. The Hall–Kier alpha value is -5.48. The molecular weight excluding hydrogens is 488 g/mol. The quantitative estimate of drug-likeness (QED) is 0.223. The molecule has 4 nitrogen and oxygen atoms in total. The Morgan fingerprint density at radius 1 is 0.350 bits per heavy atom. The minimum absolute atomic E-state index is 0.837. The van der Waals surface area contributed by atoms with Crippen LogP contribution < -0.4 is 0 Å². The van der Waals surface area contributed by atoms with Gasteiger partial charge in [0, 0.05) is 33.3 Å². The zero-order chi connectivity index (χ0) is 26.5. The number of rotatable bonds is 3. The third kappa shape index (κ3) is 3.86. The summed E-state index contributed by atoms with van der Waals surface area (Å²) in [5.41, 5.74) is 9.76. The molecule has 0 radical (unpaired) electrons. The maximum Gasteiger partial charge on any atom is 0.0972 e. The average Bonchev–Trinajstić information content (AvgIpc) is 3.04. The van der Waals surface area contributed by atoms with E-state index in [9.17, 15) is 0 Å². The normalized spacial score (nSPS) is 11.5. The van der Waals surface area contributed by atoms with Gasteiger partial charge in [0.15, 0.2) is 0 Å². The van der Waals surface area contributed by atoms with Gasteiger partial charge in [-0.2, -0.15) is 0 Å². The van der Waals surface area contributed by atoms with Crippen molar-refractivity contribution < 1.29 is 0 Å². The van der Waals surface area contributed by atoms with Crippen molar-refractivity contribution in [1.82, 2.24) is 19.9 Å². The predicted molar refractivity (Wildman–Crippen MR) is 164 cm³/mol. The van der Waals surface area contributed by atoms with Gasteiger partial charge in [0.2, 0.25) is 0 Å². The molecule has 186 valence electrons. The van der Waals surface area contributed by atoms with Gasteiger partial charge in [0.1, 0.15) is 0 Å². The molecule has 0 saturated heterocycles. The third-order valence-electron chi connectivity index (χ3n) is 7.48. The van der Waals surface area contributed by atoms with Gasteiger partial charge < -0.3 is 0 Å². The van der Waals surface area contributed by atoms with Gasteiger partial charge in [-0.05, 0) is 53.6 Å². The van der Waals surface area contributed by atoms with Crippen molar-refractivity contribution in [3.63, 3.8) is 0 Å². The molecule has 0 amide bonds. The molecule has 4 heteroatoms. The van der Waals surface area contributed by atoms with Crippen molar-refractivity contribution >= 4 is 43.6 Å². The fourth-order valence-corrected chi connectivity index (χ4v) is 5.38. The maximum absolute atomic E-state index is 5.03. The number of aromatic nitrogens is 4. The summed E-state index contributed by atoms with van der Waals surface area (Å²) >= 11 is 0. The number of hydrogen-bond donors (Lipinski definition) is 0. The highest BCUT2D eigenvalue weighted by Gasteiger charge is 2.10. The Kier molecular flexibility index (Phi) is 5.10. The Morgan fingerprint density at radius 2 is 1.00 bits per heavy atom. The highest BCUT2D eigenvalue weighted by atomic mass is 14.8. The van der Waals surface area contributed by atoms with Crippen molar-refractivity contribution in [2.75, 3.05) is 0 Å². The van der Waals surface area contributed by atoms with Crippen molar-refractivity contribution in [3.05, 3.63) is 134 Å². The molecule has 40 heavy (non-hydrogen) atoms. The van der Waals surface area contributed by atoms with E-state index >= 15 is 0 Å². The SMILES string of the molecule is c1ccc(-c2ccc3cc(-c4ccc5ccc(-c6ccc7ccc8cccnc8c7n6)nc5c4)ccc3n2)cc1. The van der Waals surface area contributed by atoms with Crippen molar-refractivity contribution in [2.45, 2.75) is 0 Å². The number of benzene rings is 4. The topological polar surface area (TPSA) is 51.6 Å². The van der Waals surface area contributed by atoms with Crippen LogP contribution in [0.1, 0.15) is 0 Å². The summed E-state index contributed by atoms with van der Waals surface area (Å²) < 4.78 is 0. The minimum Gasteiger partial charge on any atom is -0.254 e. The van der Waals surface area contributed by atoms with E-state index in [0.29, 0.717) is 0 Å². The molecule has 0 unspecified atom stereocenters. The second-order valence-electron chi connectivity index (χ2n) is 9.98. The summed E-state index contributed by atoms with van der Waals surface area (Å²) in [5, 5.41) is 4.35. The van der Waals surface area contributed by atoms with Gasteiger partial charge in [-0.25, -0.2) is 15.0 Å². The monoisotopic (exact) mass is 510 g/mol. The highest BCUT2D eigenvalue weighted by molar-refractivity contribution is 6.03. The van der Waals surface area contributed by atoms with Crippen LogP contribution in [0.25, 0.3) is 77.4 Å². The van der Waals surface area contributed by atoms with Gasteiger partial charge in [0.05, 0.1) is 39.1 Å². The second kappa shape index (κ2) is 9.07. The molecule has 0 aliphatic rings. The zero-order valence-corrected chi connectivity index (χ0v) is 21.5. The lowest BCUT2D eigenvalue weighted by Crippen LogP contribution is -1.91. The van der Waals surface area contributed by atoms with E-state index in [4.69, 9.17) is 15.0 Å². The zero-order valence-electron chi connectivity index (χ0n) is 21.5. The first-order chi connectivity index (χ1) is 19.8. The summed E-state index contributed by atoms with van der Waals surface area (Å²) in [6.45, 7) is 0. The predicted octanol–water partition coefficient (Wildman–Crippen LogP) is 8.88. The number of nitrogens with zero attached hydrogens (tertiary/aromatic N) is 4. The van der Waals surface area contributed by atoms with E-state index in [1.165, 1.54) is 0 Å². The lowest BCUT2D eigenvalue weighted by Gasteiger charge is -2.09. The Bertz CT molecular complexity index is 2220. The van der Waals surface area contributed by atoms with Crippen molar-refractivity contribution in [1.29, 1.82) is 0 Å². The van der Waals surface area contributed by atoms with Gasteiger partial charge in [-0.1, -0.05) is 84.9 Å². The van der Waals surface area contributed by atoms with Gasteiger partial charge in [-0.15, -0.1) is 0 Å². The molecule has 8 rings (SSSR count). The maximum atomic E-state index is 5.03. The van der Waals surface area contributed by atoms with E-state index in [-0.39, 0.29) is 0 Å². The van der Waals surface area contributed by atoms with Gasteiger partial charge in [-0.3, -0.25) is 4.98 Å². The fraction of sp³-hybridized carbons (Fsp3) is 0. The molecule has 0 N–H and O–H groups in total. The van der Waals surface area contributed by atoms with Crippen LogP contribution in [0.2, 0.25) is 0 Å². The molecular formula is C36H22N4. The van der Waals surface area contributed by atoms with E-state index in [1.807, 2.05) is 42.6 Å². The summed E-state index contributed by atoms with van der Waals surface area (Å²) in [6.07, 6.45) is 1.82. The van der Waals surface area contributed by atoms with Crippen LogP contribution >= 0.6 is 0 Å². The number of pyridine rings is 4. The van der Waals surface area contributed by atoms with Crippen LogP contribution in [0, 0.1) is 0 Å². The largest absolute Gasteiger partial charge is 0.254 e. The molecule has 0 fully saturated rings. The van der Waals surface area contributed by atoms with E-state index < -0.39 is 0 Å². The van der Waals surface area contributed by atoms with Crippen molar-refractivity contribution in [2.24, 2.45) is 0 Å². The first kappa shape index (κ1) is 22.5. The molecule has 0 atom stereocenters. The summed E-state index contributed by atoms with van der Waals surface area (Å²) in [5.74, 6) is 0. The first-order valence-corrected chi connectivity index (χ1v) is 13.3. The van der Waals surface area contributed by atoms with Crippen LogP contribution in [0.3, 0.4) is 0 Å². The summed E-state index contributed by atoms with van der Waals surface area (Å²) in [7, 11) is 0. The molecule has 0 bridgehead atoms. The summed E-state index contributed by atoms with van der Waals surface area (Å²) in [6, 6.07) is 43.9. The van der Waals surface area contributed by atoms with Crippen LogP contribution in [0.4, 0.5) is 0 Å². The lowest BCUT2D eigenvalue weighted by molar-refractivity contribution is 1.31. The molecule has 8 aromatic rings. The van der Waals surface area contributed by atoms with Gasteiger partial charge >= 0.3 is 0 Å². The smallest absolute Gasteiger partial charge is 0.0972 e. The molecule has 4 aromatic heterocycles. The molecule has 0 spiro atoms. The van der Waals surface area contributed by atoms with Crippen LogP contribution in [-0.2, 0) is 0 Å². The second-order valence-corrected chi connectivity index (χ2v) is 9.98. The van der Waals surface area contributed by atoms with Gasteiger partial charge in [0.25, 0.3) is 0 Å². The average molecular weight is 511 g/mol. The standard InChI is InChI=1S/C36H22N4/c1-2-5-23(6-3-1)30-17-15-29-21-27(14-16-31(29)38-30)28-11-8-24-12-18-32(39-34(24)22-28)33-19-13-26-10-9-25-7-4-20-37-35(25)36(26)40-33/h1-22H. The third-order valence-corrected chi connectivity index (χ3v) is 7.48. The van der Waals surface area contributed by atoms with Crippen molar-refractivity contribution in [3.8, 4) is 33.8 Å². The molecule has 0 saturated carbocycles. The lowest BCUT2D eigenvalue weighted by atomic mass is 10.0. The Morgan fingerprint density at radius 3 is 1.90 bits per heavy atom. The molecule has 0 aliphatic carbocycles. The Labute approximate surface area is 230 Å². The number of fused-ring (bicyclic) bond motifs is 5. The van der Waals surface area contributed by atoms with Crippen LogP contribution in [0.15, 0.2) is 134 Å². The van der Waals surface area contributed by atoms with E-state index in [1.54, 1.807) is 0 Å². The van der Waals surface area contributed by atoms with E-state index in [2.05, 4.69) is 96.0 Å². The highest BCUT2D eigenvalue weighted by Crippen LogP contribution is 2.30. The first-order valence-electron chi connectivity index (χ1n) is 13.3. The molecule has 4 aromatic carbocycles. The summed E-state index contributed by atoms with van der Waals surface area (Å²) in [4.78, 5) is 19.5. The molecule has 4 heterocycles. The number of hydrogen-bond acceptors (Lipinski definition) is 4. The van der Waals surface area contributed by atoms with E-state index in [0.717, 1.165) is 77.4 Å². The fourth-order valence-electron chi connectivity index (χ4n) is 5.38. The van der Waals surface area contributed by atoms with Crippen LogP contribution in [-0.4, -0.2) is 19.9 Å². The molecule has 0 aliphatic heterocycles.